The van der Waals surface area contributed by atoms with Gasteiger partial charge in [0.2, 0.25) is 5.91 Å². The average molecular weight is 326 g/mol. The van der Waals surface area contributed by atoms with Crippen molar-refractivity contribution in [2.24, 2.45) is 0 Å². The molecule has 2 aromatic carbocycles. The van der Waals surface area contributed by atoms with Crippen LogP contribution in [0.5, 0.6) is 5.75 Å². The van der Waals surface area contributed by atoms with Gasteiger partial charge in [0.25, 0.3) is 0 Å². The summed E-state index contributed by atoms with van der Waals surface area (Å²) in [6, 6.07) is 17.8. The molecule has 0 radical (unpaired) electrons. The van der Waals surface area contributed by atoms with Gasteiger partial charge in [0.1, 0.15) is 5.75 Å². The molecule has 2 aromatic rings. The Morgan fingerprint density at radius 1 is 1.04 bits per heavy atom. The van der Waals surface area contributed by atoms with E-state index in [9.17, 15) is 4.79 Å². The van der Waals surface area contributed by atoms with Gasteiger partial charge in [-0.15, -0.1) is 0 Å². The fraction of sp³-hybridized carbons (Fsp3) is 0.350. The van der Waals surface area contributed by atoms with E-state index in [0.717, 1.165) is 29.8 Å². The summed E-state index contributed by atoms with van der Waals surface area (Å²) in [6.45, 7) is 5.11. The van der Waals surface area contributed by atoms with Gasteiger partial charge in [-0.1, -0.05) is 44.2 Å². The van der Waals surface area contributed by atoms with E-state index >= 15 is 0 Å². The lowest BCUT2D eigenvalue weighted by molar-refractivity contribution is -0.120. The third-order valence-corrected chi connectivity index (χ3v) is 3.73. The van der Waals surface area contributed by atoms with Crippen molar-refractivity contribution in [3.63, 3.8) is 0 Å². The van der Waals surface area contributed by atoms with Crippen LogP contribution in [-0.4, -0.2) is 19.1 Å². The van der Waals surface area contributed by atoms with Crippen molar-refractivity contribution in [1.82, 2.24) is 5.32 Å². The third kappa shape index (κ3) is 5.61. The zero-order valence-corrected chi connectivity index (χ0v) is 14.4. The number of anilines is 1. The molecular weight excluding hydrogens is 300 g/mol. The van der Waals surface area contributed by atoms with Crippen molar-refractivity contribution in [2.45, 2.75) is 32.7 Å². The van der Waals surface area contributed by atoms with E-state index in [0.29, 0.717) is 6.61 Å². The molecule has 0 saturated carbocycles. The van der Waals surface area contributed by atoms with Crippen molar-refractivity contribution in [3.8, 4) is 5.75 Å². The maximum Gasteiger partial charge on any atom is 0.239 e. The van der Waals surface area contributed by atoms with E-state index in [-0.39, 0.29) is 18.5 Å². The normalized spacial score (nSPS) is 11.6. The SMILES string of the molecule is CCCOc1ccc(NCC(=O)NC(CC)c2ccccc2)cc1. The summed E-state index contributed by atoms with van der Waals surface area (Å²) < 4.78 is 5.54. The minimum atomic E-state index is -0.0167. The van der Waals surface area contributed by atoms with Crippen molar-refractivity contribution in [1.29, 1.82) is 0 Å². The summed E-state index contributed by atoms with van der Waals surface area (Å²) >= 11 is 0. The Balaban J connectivity index is 1.82. The zero-order valence-electron chi connectivity index (χ0n) is 14.4. The number of carbonyl (C=O) groups excluding carboxylic acids is 1. The quantitative estimate of drug-likeness (QED) is 0.727. The Hall–Kier alpha value is -2.49. The van der Waals surface area contributed by atoms with E-state index in [4.69, 9.17) is 4.74 Å². The standard InChI is InChI=1S/C20H26N2O2/c1-3-14-24-18-12-10-17(11-13-18)21-15-20(23)22-19(4-2)16-8-6-5-7-9-16/h5-13,19,21H,3-4,14-15H2,1-2H3,(H,22,23). The Kier molecular flexibility index (Phi) is 7.15. The molecular formula is C20H26N2O2. The lowest BCUT2D eigenvalue weighted by atomic mass is 10.0. The Morgan fingerprint density at radius 2 is 1.75 bits per heavy atom. The van der Waals surface area contributed by atoms with Crippen molar-refractivity contribution in [2.75, 3.05) is 18.5 Å². The van der Waals surface area contributed by atoms with Crippen LogP contribution >= 0.6 is 0 Å². The second kappa shape index (κ2) is 9.60. The fourth-order valence-corrected chi connectivity index (χ4v) is 2.42. The second-order valence-electron chi connectivity index (χ2n) is 5.67. The molecule has 1 atom stereocenters. The Bertz CT molecular complexity index is 611. The van der Waals surface area contributed by atoms with Gasteiger partial charge in [0.05, 0.1) is 19.2 Å². The molecule has 128 valence electrons. The molecule has 0 fully saturated rings. The van der Waals surface area contributed by atoms with Gasteiger partial charge in [-0.05, 0) is 42.7 Å². The minimum absolute atomic E-state index is 0.0167. The van der Waals surface area contributed by atoms with Gasteiger partial charge in [-0.3, -0.25) is 4.79 Å². The summed E-state index contributed by atoms with van der Waals surface area (Å²) in [5, 5.41) is 6.21. The molecule has 4 heteroatoms. The number of rotatable bonds is 9. The predicted molar refractivity (Wildman–Crippen MR) is 98.3 cm³/mol. The van der Waals surface area contributed by atoms with Crippen LogP contribution in [0.25, 0.3) is 0 Å². The summed E-state index contributed by atoms with van der Waals surface area (Å²) in [5.74, 6) is 0.832. The summed E-state index contributed by atoms with van der Waals surface area (Å²) in [7, 11) is 0. The monoisotopic (exact) mass is 326 g/mol. The number of hydrogen-bond donors (Lipinski definition) is 2. The van der Waals surface area contributed by atoms with E-state index in [1.54, 1.807) is 0 Å². The van der Waals surface area contributed by atoms with Crippen molar-refractivity contribution >= 4 is 11.6 Å². The predicted octanol–water partition coefficient (Wildman–Crippen LogP) is 4.15. The third-order valence-electron chi connectivity index (χ3n) is 3.73. The maximum atomic E-state index is 12.2. The molecule has 24 heavy (non-hydrogen) atoms. The molecule has 1 unspecified atom stereocenters. The maximum absolute atomic E-state index is 12.2. The van der Waals surface area contributed by atoms with E-state index in [1.165, 1.54) is 0 Å². The molecule has 2 N–H and O–H groups in total. The first-order chi connectivity index (χ1) is 11.7. The molecule has 2 rings (SSSR count). The lowest BCUT2D eigenvalue weighted by Gasteiger charge is -2.18. The second-order valence-corrected chi connectivity index (χ2v) is 5.67. The van der Waals surface area contributed by atoms with Crippen LogP contribution in [0.1, 0.15) is 38.3 Å². The molecule has 4 nitrogen and oxygen atoms in total. The molecule has 0 aliphatic carbocycles. The number of hydrogen-bond acceptors (Lipinski definition) is 3. The average Bonchev–Trinajstić information content (AvgIpc) is 2.64. The van der Waals surface area contributed by atoms with Crippen molar-refractivity contribution in [3.05, 3.63) is 60.2 Å². The number of nitrogens with one attached hydrogen (secondary N) is 2. The molecule has 0 aromatic heterocycles. The van der Waals surface area contributed by atoms with E-state index < -0.39 is 0 Å². The smallest absolute Gasteiger partial charge is 0.239 e. The topological polar surface area (TPSA) is 50.4 Å². The lowest BCUT2D eigenvalue weighted by Crippen LogP contribution is -2.33. The molecule has 0 bridgehead atoms. The van der Waals surface area contributed by atoms with E-state index in [1.807, 2.05) is 54.6 Å². The van der Waals surface area contributed by atoms with Crippen molar-refractivity contribution < 1.29 is 9.53 Å². The first-order valence-electron chi connectivity index (χ1n) is 8.54. The highest BCUT2D eigenvalue weighted by Gasteiger charge is 2.11. The van der Waals surface area contributed by atoms with Crippen LogP contribution in [0, 0.1) is 0 Å². The molecule has 0 aliphatic rings. The first-order valence-corrected chi connectivity index (χ1v) is 8.54. The Labute approximate surface area is 144 Å². The van der Waals surface area contributed by atoms with Crippen LogP contribution in [-0.2, 0) is 4.79 Å². The number of amides is 1. The van der Waals surface area contributed by atoms with Crippen LogP contribution < -0.4 is 15.4 Å². The molecule has 0 spiro atoms. The number of benzene rings is 2. The number of carbonyl (C=O) groups is 1. The largest absolute Gasteiger partial charge is 0.494 e. The minimum Gasteiger partial charge on any atom is -0.494 e. The zero-order chi connectivity index (χ0) is 17.2. The molecule has 0 heterocycles. The van der Waals surface area contributed by atoms with Gasteiger partial charge >= 0.3 is 0 Å². The van der Waals surface area contributed by atoms with E-state index in [2.05, 4.69) is 24.5 Å². The first kappa shape index (κ1) is 17.9. The van der Waals surface area contributed by atoms with Crippen LogP contribution in [0.15, 0.2) is 54.6 Å². The summed E-state index contributed by atoms with van der Waals surface area (Å²) in [4.78, 5) is 12.2. The molecule has 1 amide bonds. The molecule has 0 aliphatic heterocycles. The highest BCUT2D eigenvalue weighted by molar-refractivity contribution is 5.81. The van der Waals surface area contributed by atoms with Crippen LogP contribution in [0.3, 0.4) is 0 Å². The van der Waals surface area contributed by atoms with Gasteiger partial charge in [0.15, 0.2) is 0 Å². The molecule has 0 saturated heterocycles. The summed E-state index contributed by atoms with van der Waals surface area (Å²) in [6.07, 6.45) is 1.85. The highest BCUT2D eigenvalue weighted by Crippen LogP contribution is 2.17. The van der Waals surface area contributed by atoms with Gasteiger partial charge in [0, 0.05) is 5.69 Å². The Morgan fingerprint density at radius 3 is 2.38 bits per heavy atom. The highest BCUT2D eigenvalue weighted by atomic mass is 16.5. The number of ether oxygens (including phenoxy) is 1. The van der Waals surface area contributed by atoms with Gasteiger partial charge in [-0.25, -0.2) is 0 Å². The van der Waals surface area contributed by atoms with Crippen LogP contribution in [0.4, 0.5) is 5.69 Å². The van der Waals surface area contributed by atoms with Crippen LogP contribution in [0.2, 0.25) is 0 Å². The summed E-state index contributed by atoms with van der Waals surface area (Å²) in [5.41, 5.74) is 2.03. The van der Waals surface area contributed by atoms with Gasteiger partial charge in [-0.2, -0.15) is 0 Å². The fourth-order valence-electron chi connectivity index (χ4n) is 2.42. The van der Waals surface area contributed by atoms with Gasteiger partial charge < -0.3 is 15.4 Å².